The number of amides is 1. The largest absolute Gasteiger partial charge is 0.481 e. The Kier molecular flexibility index (Phi) is 5.40. The first-order valence-electron chi connectivity index (χ1n) is 7.46. The van der Waals surface area contributed by atoms with E-state index in [-0.39, 0.29) is 15.9 Å². The van der Waals surface area contributed by atoms with Gasteiger partial charge in [-0.25, -0.2) is 0 Å². The van der Waals surface area contributed by atoms with Crippen molar-refractivity contribution in [1.82, 2.24) is 5.32 Å². The van der Waals surface area contributed by atoms with Crippen LogP contribution in [0.1, 0.15) is 48.0 Å². The minimum Gasteiger partial charge on any atom is -0.481 e. The fraction of sp³-hybridized carbons (Fsp3) is 0.750. The van der Waals surface area contributed by atoms with Crippen molar-refractivity contribution in [2.45, 2.75) is 69.0 Å². The molecule has 1 aliphatic heterocycles. The molecule has 0 bridgehead atoms. The van der Waals surface area contributed by atoms with Crippen LogP contribution in [0.5, 0.6) is 0 Å². The standard InChI is InChI=1S/C16H28N2O3S/c1-14(2,18-13(21)10(17)9-12(19)20)8-7-11-15(3,4)22-16(11,5)6/h7-8,10-11H,9,17H2,1-6H3,(H,18,21)(H,19,20)/b8-7+/t10-/m0/s1. The zero-order chi connectivity index (χ0) is 17.3. The molecular formula is C16H28N2O3S. The zero-order valence-corrected chi connectivity index (χ0v) is 15.1. The van der Waals surface area contributed by atoms with Crippen LogP contribution in [-0.4, -0.2) is 38.1 Å². The van der Waals surface area contributed by atoms with Crippen molar-refractivity contribution in [3.63, 3.8) is 0 Å². The fourth-order valence-electron chi connectivity index (χ4n) is 3.12. The fourth-order valence-corrected chi connectivity index (χ4v) is 5.29. The number of thioether (sulfide) groups is 1. The van der Waals surface area contributed by atoms with E-state index in [0.717, 1.165) is 0 Å². The molecule has 1 fully saturated rings. The molecule has 0 unspecified atom stereocenters. The molecule has 0 spiro atoms. The average Bonchev–Trinajstić information content (AvgIpc) is 2.23. The van der Waals surface area contributed by atoms with Gasteiger partial charge >= 0.3 is 5.97 Å². The molecule has 1 aliphatic rings. The maximum atomic E-state index is 11.9. The number of carboxylic acid groups (broad SMARTS) is 1. The summed E-state index contributed by atoms with van der Waals surface area (Å²) in [7, 11) is 0. The molecule has 1 amide bonds. The molecule has 1 saturated heterocycles. The topological polar surface area (TPSA) is 92.4 Å². The third-order valence-corrected chi connectivity index (χ3v) is 5.47. The van der Waals surface area contributed by atoms with Crippen LogP contribution in [0.25, 0.3) is 0 Å². The van der Waals surface area contributed by atoms with E-state index in [1.54, 1.807) is 0 Å². The van der Waals surface area contributed by atoms with Gasteiger partial charge in [0.25, 0.3) is 0 Å². The summed E-state index contributed by atoms with van der Waals surface area (Å²) in [5.74, 6) is -1.11. The Hall–Kier alpha value is -1.01. The lowest BCUT2D eigenvalue weighted by Crippen LogP contribution is -2.54. The lowest BCUT2D eigenvalue weighted by atomic mass is 9.81. The van der Waals surface area contributed by atoms with Gasteiger partial charge in [0.15, 0.2) is 0 Å². The Labute approximate surface area is 137 Å². The molecule has 126 valence electrons. The van der Waals surface area contributed by atoms with E-state index in [4.69, 9.17) is 10.8 Å². The molecule has 0 aromatic carbocycles. The van der Waals surface area contributed by atoms with Crippen LogP contribution < -0.4 is 11.1 Å². The normalized spacial score (nSPS) is 22.1. The summed E-state index contributed by atoms with van der Waals surface area (Å²) in [6, 6.07) is -1.03. The molecule has 5 nitrogen and oxygen atoms in total. The number of carbonyl (C=O) groups is 2. The Balaban J connectivity index is 2.69. The predicted molar refractivity (Wildman–Crippen MR) is 90.8 cm³/mol. The van der Waals surface area contributed by atoms with Crippen molar-refractivity contribution in [3.8, 4) is 0 Å². The molecule has 6 heteroatoms. The lowest BCUT2D eigenvalue weighted by Gasteiger charge is -2.56. The minimum absolute atomic E-state index is 0.180. The van der Waals surface area contributed by atoms with Gasteiger partial charge in [-0.2, -0.15) is 0 Å². The van der Waals surface area contributed by atoms with Crippen molar-refractivity contribution < 1.29 is 14.7 Å². The second-order valence-corrected chi connectivity index (χ2v) is 9.87. The molecule has 0 aliphatic carbocycles. The molecule has 1 rings (SSSR count). The van der Waals surface area contributed by atoms with Crippen LogP contribution in [0.3, 0.4) is 0 Å². The maximum Gasteiger partial charge on any atom is 0.305 e. The number of carbonyl (C=O) groups excluding carboxylic acids is 1. The monoisotopic (exact) mass is 328 g/mol. The summed E-state index contributed by atoms with van der Waals surface area (Å²) < 4.78 is 0.361. The number of hydrogen-bond acceptors (Lipinski definition) is 4. The highest BCUT2D eigenvalue weighted by molar-refractivity contribution is 8.03. The van der Waals surface area contributed by atoms with Gasteiger partial charge in [0, 0.05) is 15.4 Å². The molecular weight excluding hydrogens is 300 g/mol. The van der Waals surface area contributed by atoms with E-state index in [9.17, 15) is 9.59 Å². The summed E-state index contributed by atoms with van der Waals surface area (Å²) in [5, 5.41) is 11.5. The molecule has 1 heterocycles. The number of allylic oxidation sites excluding steroid dienone is 1. The van der Waals surface area contributed by atoms with Gasteiger partial charge in [-0.1, -0.05) is 39.8 Å². The molecule has 0 aromatic rings. The van der Waals surface area contributed by atoms with Crippen LogP contribution in [0.4, 0.5) is 0 Å². The van der Waals surface area contributed by atoms with Crippen molar-refractivity contribution in [1.29, 1.82) is 0 Å². The van der Waals surface area contributed by atoms with Crippen molar-refractivity contribution in [2.75, 3.05) is 0 Å². The molecule has 0 radical (unpaired) electrons. The quantitative estimate of drug-likeness (QED) is 0.650. The third-order valence-electron chi connectivity index (χ3n) is 3.91. The number of hydrogen-bond donors (Lipinski definition) is 3. The van der Waals surface area contributed by atoms with Gasteiger partial charge in [0.05, 0.1) is 18.0 Å². The highest BCUT2D eigenvalue weighted by Crippen LogP contribution is 2.59. The van der Waals surface area contributed by atoms with Crippen molar-refractivity contribution in [2.24, 2.45) is 11.7 Å². The van der Waals surface area contributed by atoms with Crippen LogP contribution in [-0.2, 0) is 9.59 Å². The molecule has 0 aromatic heterocycles. The van der Waals surface area contributed by atoms with Crippen LogP contribution in [0, 0.1) is 5.92 Å². The first-order valence-corrected chi connectivity index (χ1v) is 8.27. The second-order valence-electron chi connectivity index (χ2n) is 7.56. The predicted octanol–water partition coefficient (Wildman–Crippen LogP) is 2.16. The smallest absolute Gasteiger partial charge is 0.305 e. The van der Waals surface area contributed by atoms with Gasteiger partial charge in [-0.05, 0) is 13.8 Å². The number of nitrogens with one attached hydrogen (secondary N) is 1. The van der Waals surface area contributed by atoms with Crippen LogP contribution in [0.2, 0.25) is 0 Å². The first kappa shape index (κ1) is 19.0. The Morgan fingerprint density at radius 3 is 2.23 bits per heavy atom. The van der Waals surface area contributed by atoms with Gasteiger partial charge < -0.3 is 16.2 Å². The van der Waals surface area contributed by atoms with Crippen molar-refractivity contribution >= 4 is 23.6 Å². The van der Waals surface area contributed by atoms with E-state index in [1.165, 1.54) is 0 Å². The number of aliphatic carboxylic acids is 1. The molecule has 0 saturated carbocycles. The van der Waals surface area contributed by atoms with Gasteiger partial charge in [0.2, 0.25) is 5.91 Å². The van der Waals surface area contributed by atoms with E-state index >= 15 is 0 Å². The van der Waals surface area contributed by atoms with E-state index in [2.05, 4.69) is 39.1 Å². The summed E-state index contributed by atoms with van der Waals surface area (Å²) in [6.45, 7) is 12.6. The summed E-state index contributed by atoms with van der Waals surface area (Å²) in [4.78, 5) is 22.5. The Morgan fingerprint density at radius 1 is 1.32 bits per heavy atom. The zero-order valence-electron chi connectivity index (χ0n) is 14.3. The van der Waals surface area contributed by atoms with Crippen molar-refractivity contribution in [3.05, 3.63) is 12.2 Å². The van der Waals surface area contributed by atoms with E-state index in [0.29, 0.717) is 5.92 Å². The Morgan fingerprint density at radius 2 is 1.82 bits per heavy atom. The first-order chi connectivity index (χ1) is 9.77. The lowest BCUT2D eigenvalue weighted by molar-refractivity contribution is -0.139. The average molecular weight is 328 g/mol. The summed E-state index contributed by atoms with van der Waals surface area (Å²) in [5.41, 5.74) is 5.01. The summed E-state index contributed by atoms with van der Waals surface area (Å²) >= 11 is 1.95. The maximum absolute atomic E-state index is 11.9. The molecule has 22 heavy (non-hydrogen) atoms. The van der Waals surface area contributed by atoms with E-state index in [1.807, 2.05) is 31.7 Å². The number of nitrogens with two attached hydrogens (primary N) is 1. The molecule has 1 atom stereocenters. The molecule has 4 N–H and O–H groups in total. The van der Waals surface area contributed by atoms with Crippen LogP contribution in [0.15, 0.2) is 12.2 Å². The van der Waals surface area contributed by atoms with E-state index < -0.39 is 23.5 Å². The summed E-state index contributed by atoms with van der Waals surface area (Å²) in [6.07, 6.45) is 3.76. The minimum atomic E-state index is -1.08. The second kappa shape index (κ2) is 6.24. The van der Waals surface area contributed by atoms with Crippen LogP contribution >= 0.6 is 11.8 Å². The van der Waals surface area contributed by atoms with Gasteiger partial charge in [0.1, 0.15) is 0 Å². The highest BCUT2D eigenvalue weighted by atomic mass is 32.2. The van der Waals surface area contributed by atoms with Gasteiger partial charge in [-0.15, -0.1) is 11.8 Å². The number of carboxylic acids is 1. The Bertz CT molecular complexity index is 470. The highest BCUT2D eigenvalue weighted by Gasteiger charge is 2.52. The SMILES string of the molecule is CC(C)(/C=C/C1C(C)(C)SC1(C)C)NC(=O)[C@@H](N)CC(=O)O. The number of rotatable bonds is 6. The third kappa shape index (κ3) is 4.74. The van der Waals surface area contributed by atoms with Gasteiger partial charge in [-0.3, -0.25) is 9.59 Å².